The first-order valence-corrected chi connectivity index (χ1v) is 16.4. The minimum atomic E-state index is -0.650. The Kier molecular flexibility index (Phi) is 11.5. The fraction of sp³-hybridized carbons (Fsp3) is 0.475. The van der Waals surface area contributed by atoms with Crippen LogP contribution in [0.1, 0.15) is 131 Å². The van der Waals surface area contributed by atoms with Crippen molar-refractivity contribution in [1.29, 1.82) is 0 Å². The number of carbonyl (C=O) groups is 3. The molecule has 0 spiro atoms. The normalized spacial score (nSPS) is 12.4. The Morgan fingerprint density at radius 2 is 0.915 bits per heavy atom. The van der Waals surface area contributed by atoms with E-state index in [-0.39, 0.29) is 30.4 Å². The first-order valence-electron chi connectivity index (χ1n) is 16.4. The highest BCUT2D eigenvalue weighted by Gasteiger charge is 2.33. The maximum absolute atomic E-state index is 14.5. The molecule has 7 nitrogen and oxygen atoms in total. The topological polar surface area (TPSA) is 79.0 Å². The second-order valence-corrected chi connectivity index (χ2v) is 16.2. The molecule has 0 radical (unpaired) electrons. The van der Waals surface area contributed by atoms with Crippen molar-refractivity contribution in [2.24, 2.45) is 0 Å². The fourth-order valence-corrected chi connectivity index (χ4v) is 5.16. The molecule has 1 N–H and O–H groups in total. The highest BCUT2D eigenvalue weighted by atomic mass is 16.6. The average Bonchev–Trinajstić information content (AvgIpc) is 2.95. The molecule has 0 aromatic heterocycles. The second kappa shape index (κ2) is 14.4. The SMILES string of the molecule is CC(C)(C)NCc1ccccc1C(=O)N(Cc1ccccc1C(=O)N(Cc1ccccc1C(=O)OC(C)(C)C)C(C)(C)C)C(C)(C)C. The molecular weight excluding hydrogens is 586 g/mol. The molecule has 3 rings (SSSR count). The van der Waals surface area contributed by atoms with E-state index in [1.807, 2.05) is 128 Å². The predicted octanol–water partition coefficient (Wildman–Crippen LogP) is 8.41. The molecule has 3 aromatic carbocycles. The Bertz CT molecular complexity index is 1570. The van der Waals surface area contributed by atoms with Crippen LogP contribution in [0.4, 0.5) is 0 Å². The number of ether oxygens (including phenoxy) is 1. The Labute approximate surface area is 282 Å². The molecular formula is C40H55N3O4. The molecule has 0 aliphatic rings. The average molecular weight is 642 g/mol. The number of esters is 1. The van der Waals surface area contributed by atoms with Crippen LogP contribution in [0.2, 0.25) is 0 Å². The van der Waals surface area contributed by atoms with E-state index < -0.39 is 22.6 Å². The summed E-state index contributed by atoms with van der Waals surface area (Å²) in [6.07, 6.45) is 0. The smallest absolute Gasteiger partial charge is 0.338 e. The van der Waals surface area contributed by atoms with Crippen LogP contribution < -0.4 is 5.32 Å². The van der Waals surface area contributed by atoms with Crippen molar-refractivity contribution >= 4 is 17.8 Å². The van der Waals surface area contributed by atoms with Crippen molar-refractivity contribution in [2.45, 2.75) is 125 Å². The maximum Gasteiger partial charge on any atom is 0.338 e. The molecule has 0 unspecified atom stereocenters. The number of hydrogen-bond donors (Lipinski definition) is 1. The van der Waals surface area contributed by atoms with E-state index in [2.05, 4.69) is 26.1 Å². The number of rotatable bonds is 9. The van der Waals surface area contributed by atoms with Gasteiger partial charge in [-0.05, 0) is 118 Å². The van der Waals surface area contributed by atoms with Gasteiger partial charge in [0.25, 0.3) is 11.8 Å². The van der Waals surface area contributed by atoms with E-state index in [0.717, 1.165) is 11.1 Å². The summed E-state index contributed by atoms with van der Waals surface area (Å²) in [5.41, 5.74) is 2.09. The standard InChI is InChI=1S/C40H55N3O4/c1-37(2,3)41-25-28-19-13-16-22-31(28)34(44)42(38(4,5)6)26-29-20-14-17-23-32(29)35(45)43(39(7,8)9)27-30-21-15-18-24-33(30)36(46)47-40(10,11)12/h13-24,41H,25-27H2,1-12H3. The monoisotopic (exact) mass is 641 g/mol. The third kappa shape index (κ3) is 10.5. The van der Waals surface area contributed by atoms with Crippen molar-refractivity contribution in [3.05, 3.63) is 106 Å². The van der Waals surface area contributed by atoms with Gasteiger partial charge < -0.3 is 19.9 Å². The van der Waals surface area contributed by atoms with Gasteiger partial charge in [0.15, 0.2) is 0 Å². The van der Waals surface area contributed by atoms with E-state index in [4.69, 9.17) is 4.74 Å². The Hall–Kier alpha value is -3.97. The number of carbonyl (C=O) groups excluding carboxylic acids is 3. The minimum Gasteiger partial charge on any atom is -0.456 e. The largest absolute Gasteiger partial charge is 0.456 e. The summed E-state index contributed by atoms with van der Waals surface area (Å²) in [6.45, 7) is 24.8. The summed E-state index contributed by atoms with van der Waals surface area (Å²) in [4.78, 5) is 45.6. The summed E-state index contributed by atoms with van der Waals surface area (Å²) in [5, 5.41) is 3.50. The number of nitrogens with zero attached hydrogens (tertiary/aromatic N) is 2. The molecule has 0 aliphatic carbocycles. The molecule has 0 saturated carbocycles. The fourth-order valence-electron chi connectivity index (χ4n) is 5.16. The summed E-state index contributed by atoms with van der Waals surface area (Å²) in [5.74, 6) is -0.694. The van der Waals surface area contributed by atoms with Crippen molar-refractivity contribution in [1.82, 2.24) is 15.1 Å². The molecule has 0 saturated heterocycles. The summed E-state index contributed by atoms with van der Waals surface area (Å²) in [6, 6.07) is 22.5. The Balaban J connectivity index is 2.01. The van der Waals surface area contributed by atoms with E-state index >= 15 is 0 Å². The van der Waals surface area contributed by atoms with Gasteiger partial charge in [0, 0.05) is 47.4 Å². The van der Waals surface area contributed by atoms with Crippen LogP contribution in [-0.4, -0.2) is 49.8 Å². The first kappa shape index (κ1) is 37.5. The predicted molar refractivity (Wildman–Crippen MR) is 190 cm³/mol. The van der Waals surface area contributed by atoms with Crippen molar-refractivity contribution in [3.8, 4) is 0 Å². The molecule has 0 fully saturated rings. The number of amides is 2. The van der Waals surface area contributed by atoms with Gasteiger partial charge in [0.05, 0.1) is 5.56 Å². The highest BCUT2D eigenvalue weighted by Crippen LogP contribution is 2.28. The second-order valence-electron chi connectivity index (χ2n) is 16.2. The quantitative estimate of drug-likeness (QED) is 0.237. The lowest BCUT2D eigenvalue weighted by molar-refractivity contribution is 0.00649. The van der Waals surface area contributed by atoms with Gasteiger partial charge in [-0.25, -0.2) is 4.79 Å². The van der Waals surface area contributed by atoms with Crippen molar-refractivity contribution in [3.63, 3.8) is 0 Å². The molecule has 47 heavy (non-hydrogen) atoms. The zero-order valence-corrected chi connectivity index (χ0v) is 30.6. The van der Waals surface area contributed by atoms with Crippen molar-refractivity contribution < 1.29 is 19.1 Å². The lowest BCUT2D eigenvalue weighted by Gasteiger charge is -2.39. The molecule has 0 heterocycles. The zero-order chi connectivity index (χ0) is 35.4. The van der Waals surface area contributed by atoms with Gasteiger partial charge in [-0.1, -0.05) is 54.6 Å². The lowest BCUT2D eigenvalue weighted by Crippen LogP contribution is -2.47. The third-order valence-electron chi connectivity index (χ3n) is 7.71. The van der Waals surface area contributed by atoms with E-state index in [0.29, 0.717) is 28.8 Å². The van der Waals surface area contributed by atoms with E-state index in [9.17, 15) is 14.4 Å². The Morgan fingerprint density at radius 1 is 0.553 bits per heavy atom. The van der Waals surface area contributed by atoms with Gasteiger partial charge in [0.2, 0.25) is 0 Å². The molecule has 0 atom stereocenters. The zero-order valence-electron chi connectivity index (χ0n) is 30.6. The van der Waals surface area contributed by atoms with Gasteiger partial charge in [-0.15, -0.1) is 0 Å². The molecule has 7 heteroatoms. The van der Waals surface area contributed by atoms with Crippen LogP contribution in [0, 0.1) is 0 Å². The Morgan fingerprint density at radius 3 is 1.32 bits per heavy atom. The van der Waals surface area contributed by atoms with Gasteiger partial charge >= 0.3 is 5.97 Å². The minimum absolute atomic E-state index is 0.0926. The van der Waals surface area contributed by atoms with Crippen LogP contribution >= 0.6 is 0 Å². The molecule has 254 valence electrons. The van der Waals surface area contributed by atoms with Crippen LogP contribution in [-0.2, 0) is 24.4 Å². The summed E-state index contributed by atoms with van der Waals surface area (Å²) in [7, 11) is 0. The van der Waals surface area contributed by atoms with Gasteiger partial charge in [0.1, 0.15) is 5.60 Å². The van der Waals surface area contributed by atoms with Crippen molar-refractivity contribution in [2.75, 3.05) is 0 Å². The number of benzene rings is 3. The first-order chi connectivity index (χ1) is 21.6. The third-order valence-corrected chi connectivity index (χ3v) is 7.71. The molecule has 0 bridgehead atoms. The van der Waals surface area contributed by atoms with Gasteiger partial charge in [-0.2, -0.15) is 0 Å². The molecule has 0 aliphatic heterocycles. The maximum atomic E-state index is 14.5. The van der Waals surface area contributed by atoms with E-state index in [1.165, 1.54) is 0 Å². The number of hydrogen-bond acceptors (Lipinski definition) is 5. The van der Waals surface area contributed by atoms with Crippen LogP contribution in [0.25, 0.3) is 0 Å². The lowest BCUT2D eigenvalue weighted by atomic mass is 9.96. The summed E-state index contributed by atoms with van der Waals surface area (Å²) < 4.78 is 5.69. The van der Waals surface area contributed by atoms with Crippen LogP contribution in [0.5, 0.6) is 0 Å². The number of nitrogens with one attached hydrogen (secondary N) is 1. The molecule has 2 amide bonds. The molecule has 3 aromatic rings. The van der Waals surface area contributed by atoms with E-state index in [1.54, 1.807) is 17.0 Å². The van der Waals surface area contributed by atoms with Gasteiger partial charge in [-0.3, -0.25) is 9.59 Å². The highest BCUT2D eigenvalue weighted by molar-refractivity contribution is 5.98. The van der Waals surface area contributed by atoms with Crippen LogP contribution in [0.3, 0.4) is 0 Å². The van der Waals surface area contributed by atoms with Crippen LogP contribution in [0.15, 0.2) is 72.8 Å². The summed E-state index contributed by atoms with van der Waals surface area (Å²) >= 11 is 0.